The monoisotopic (exact) mass is 614 g/mol. The van der Waals surface area contributed by atoms with Crippen LogP contribution < -0.4 is 4.74 Å². The maximum Gasteiger partial charge on any atom is 0.394 e. The predicted octanol–water partition coefficient (Wildman–Crippen LogP) is 6.74. The highest BCUT2D eigenvalue weighted by molar-refractivity contribution is 8.14. The quantitative estimate of drug-likeness (QED) is 0.239. The van der Waals surface area contributed by atoms with Gasteiger partial charge in [0.15, 0.2) is 5.17 Å². The Bertz CT molecular complexity index is 1330. The Balaban J connectivity index is 1.47. The molecular formula is C33H37F3N2O4S. The number of benzene rings is 3. The third-order valence-electron chi connectivity index (χ3n) is 7.71. The van der Waals surface area contributed by atoms with E-state index < -0.39 is 41.9 Å². The molecule has 0 aliphatic carbocycles. The van der Waals surface area contributed by atoms with Crippen LogP contribution in [-0.2, 0) is 33.8 Å². The van der Waals surface area contributed by atoms with E-state index in [1.807, 2.05) is 79.7 Å². The molecule has 10 heteroatoms. The molecule has 0 amide bonds. The first-order valence-corrected chi connectivity index (χ1v) is 15.2. The first-order chi connectivity index (χ1) is 20.7. The Morgan fingerprint density at radius 1 is 0.837 bits per heavy atom. The van der Waals surface area contributed by atoms with Crippen molar-refractivity contribution in [2.24, 2.45) is 10.9 Å². The molecule has 0 saturated carbocycles. The maximum atomic E-state index is 14.9. The summed E-state index contributed by atoms with van der Waals surface area (Å²) in [6, 6.07) is 25.6. The zero-order valence-electron chi connectivity index (χ0n) is 24.4. The average molecular weight is 615 g/mol. The molecule has 0 radical (unpaired) electrons. The van der Waals surface area contributed by atoms with E-state index in [4.69, 9.17) is 23.9 Å². The van der Waals surface area contributed by atoms with Gasteiger partial charge in [-0.1, -0.05) is 84.6 Å². The number of alkyl halides is 3. The normalized spacial score (nSPS) is 24.2. The topological polar surface area (TPSA) is 52.5 Å². The summed E-state index contributed by atoms with van der Waals surface area (Å²) in [6.07, 6.45) is -7.55. The first-order valence-electron chi connectivity index (χ1n) is 14.3. The summed E-state index contributed by atoms with van der Waals surface area (Å²) in [5, 5.41) is 0.688. The Morgan fingerprint density at radius 3 is 1.95 bits per heavy atom. The Kier molecular flexibility index (Phi) is 10.3. The number of aliphatic imine (C=N–C) groups is 1. The molecule has 0 aromatic heterocycles. The molecule has 1 saturated heterocycles. The minimum atomic E-state index is -4.53. The number of amidine groups is 1. The van der Waals surface area contributed by atoms with Crippen LogP contribution in [0.2, 0.25) is 0 Å². The van der Waals surface area contributed by atoms with Crippen LogP contribution in [0.5, 0.6) is 5.75 Å². The van der Waals surface area contributed by atoms with E-state index in [2.05, 4.69) is 0 Å². The Hall–Kier alpha value is -3.05. The van der Waals surface area contributed by atoms with E-state index in [-0.39, 0.29) is 26.1 Å². The fourth-order valence-corrected chi connectivity index (χ4v) is 6.57. The van der Waals surface area contributed by atoms with Crippen molar-refractivity contribution in [1.29, 1.82) is 0 Å². The van der Waals surface area contributed by atoms with Crippen LogP contribution in [0.3, 0.4) is 0 Å². The van der Waals surface area contributed by atoms with Gasteiger partial charge in [0, 0.05) is 14.1 Å². The highest BCUT2D eigenvalue weighted by Crippen LogP contribution is 2.45. The number of methoxy groups -OCH3 is 1. The summed E-state index contributed by atoms with van der Waals surface area (Å²) in [5.74, 6) is -1.14. The second kappa shape index (κ2) is 14.2. The largest absolute Gasteiger partial charge is 0.497 e. The SMILES string of the molecule is COc1ccc(CCC(C2OC3SC(N(C)C)=NC3C(OCc3ccccc3)C2OCc2ccccc2)C(F)(F)F)cc1. The molecule has 6 atom stereocenters. The van der Waals surface area contributed by atoms with Gasteiger partial charge in [-0.15, -0.1) is 0 Å². The van der Waals surface area contributed by atoms with Gasteiger partial charge in [0.2, 0.25) is 0 Å². The van der Waals surface area contributed by atoms with E-state index in [0.717, 1.165) is 16.7 Å². The van der Waals surface area contributed by atoms with E-state index in [0.29, 0.717) is 10.9 Å². The van der Waals surface area contributed by atoms with Gasteiger partial charge in [0.05, 0.1) is 32.3 Å². The number of halogens is 3. The third-order valence-corrected chi connectivity index (χ3v) is 9.01. The fraction of sp³-hybridized carbons (Fsp3) is 0.424. The molecule has 2 aliphatic heterocycles. The molecule has 5 rings (SSSR count). The Labute approximate surface area is 255 Å². The van der Waals surface area contributed by atoms with Crippen molar-refractivity contribution in [3.8, 4) is 5.75 Å². The van der Waals surface area contributed by atoms with Crippen LogP contribution in [-0.4, -0.2) is 67.2 Å². The van der Waals surface area contributed by atoms with Gasteiger partial charge in [0.25, 0.3) is 0 Å². The van der Waals surface area contributed by atoms with Gasteiger partial charge in [-0.05, 0) is 41.7 Å². The number of ether oxygens (including phenoxy) is 4. The van der Waals surface area contributed by atoms with Crippen molar-refractivity contribution >= 4 is 16.9 Å². The second-order valence-electron chi connectivity index (χ2n) is 10.9. The molecule has 2 heterocycles. The number of fused-ring (bicyclic) bond motifs is 1. The number of thioether (sulfide) groups is 1. The fourth-order valence-electron chi connectivity index (χ4n) is 5.43. The lowest BCUT2D eigenvalue weighted by Crippen LogP contribution is -2.60. The van der Waals surface area contributed by atoms with Crippen molar-refractivity contribution in [1.82, 2.24) is 4.90 Å². The first kappa shape index (κ1) is 31.4. The van der Waals surface area contributed by atoms with Crippen LogP contribution in [0.15, 0.2) is 89.9 Å². The number of hydrogen-bond donors (Lipinski definition) is 0. The maximum absolute atomic E-state index is 14.9. The summed E-state index contributed by atoms with van der Waals surface area (Å²) in [7, 11) is 5.27. The van der Waals surface area contributed by atoms with Gasteiger partial charge in [-0.3, -0.25) is 4.99 Å². The average Bonchev–Trinajstić information content (AvgIpc) is 3.44. The lowest BCUT2D eigenvalue weighted by molar-refractivity contribution is -0.265. The summed E-state index contributed by atoms with van der Waals surface area (Å²) in [4.78, 5) is 6.70. The molecule has 230 valence electrons. The Morgan fingerprint density at radius 2 is 1.42 bits per heavy atom. The van der Waals surface area contributed by atoms with Gasteiger partial charge in [0.1, 0.15) is 29.4 Å². The molecule has 6 unspecified atom stereocenters. The molecule has 0 bridgehead atoms. The minimum absolute atomic E-state index is 0.119. The van der Waals surface area contributed by atoms with Crippen LogP contribution in [0, 0.1) is 5.92 Å². The van der Waals surface area contributed by atoms with Crippen molar-refractivity contribution < 1.29 is 32.1 Å². The van der Waals surface area contributed by atoms with E-state index in [1.165, 1.54) is 11.8 Å². The molecule has 3 aromatic rings. The lowest BCUT2D eigenvalue weighted by Gasteiger charge is -2.45. The summed E-state index contributed by atoms with van der Waals surface area (Å²) < 4.78 is 69.3. The smallest absolute Gasteiger partial charge is 0.394 e. The van der Waals surface area contributed by atoms with E-state index >= 15 is 0 Å². The van der Waals surface area contributed by atoms with Crippen LogP contribution >= 0.6 is 11.8 Å². The van der Waals surface area contributed by atoms with Crippen LogP contribution in [0.1, 0.15) is 23.1 Å². The second-order valence-corrected chi connectivity index (χ2v) is 12.0. The summed E-state index contributed by atoms with van der Waals surface area (Å²) in [5.41, 5.74) is 1.92. The molecule has 0 N–H and O–H groups in total. The molecule has 3 aromatic carbocycles. The lowest BCUT2D eigenvalue weighted by atomic mass is 9.85. The number of nitrogens with zero attached hydrogens (tertiary/aromatic N) is 2. The highest BCUT2D eigenvalue weighted by Gasteiger charge is 2.57. The standard InChI is InChI=1S/C33H37F3N2O4S/c1-38(2)32-37-27-29(40-20-23-10-6-4-7-11-23)30(41-21-24-12-8-5-9-13-24)28(42-31(27)43-32)26(33(34,35)36)19-16-22-14-17-25(39-3)18-15-22/h4-15,17-18,26-31H,16,19-21H2,1-3H3. The van der Waals surface area contributed by atoms with Gasteiger partial charge >= 0.3 is 6.18 Å². The molecule has 43 heavy (non-hydrogen) atoms. The van der Waals surface area contributed by atoms with Gasteiger partial charge in [-0.2, -0.15) is 13.2 Å². The van der Waals surface area contributed by atoms with E-state index in [9.17, 15) is 13.2 Å². The number of aryl methyl sites for hydroxylation is 1. The third kappa shape index (κ3) is 7.92. The molecule has 1 fully saturated rings. The van der Waals surface area contributed by atoms with Crippen molar-refractivity contribution in [3.05, 3.63) is 102 Å². The highest BCUT2D eigenvalue weighted by atomic mass is 32.2. The van der Waals surface area contributed by atoms with Crippen molar-refractivity contribution in [2.75, 3.05) is 21.2 Å². The van der Waals surface area contributed by atoms with Crippen LogP contribution in [0.4, 0.5) is 13.2 Å². The molecule has 6 nitrogen and oxygen atoms in total. The summed E-state index contributed by atoms with van der Waals surface area (Å²) >= 11 is 1.33. The van der Waals surface area contributed by atoms with Crippen LogP contribution in [0.25, 0.3) is 0 Å². The van der Waals surface area contributed by atoms with Gasteiger partial charge in [-0.25, -0.2) is 0 Å². The number of hydrogen-bond acceptors (Lipinski definition) is 7. The molecular weight excluding hydrogens is 577 g/mol. The van der Waals surface area contributed by atoms with Crippen molar-refractivity contribution in [3.63, 3.8) is 0 Å². The number of rotatable bonds is 11. The zero-order valence-corrected chi connectivity index (χ0v) is 25.3. The van der Waals surface area contributed by atoms with E-state index in [1.54, 1.807) is 31.4 Å². The van der Waals surface area contributed by atoms with Crippen molar-refractivity contribution in [2.45, 2.75) is 62.0 Å². The summed E-state index contributed by atoms with van der Waals surface area (Å²) in [6.45, 7) is 0.334. The predicted molar refractivity (Wildman–Crippen MR) is 162 cm³/mol. The zero-order chi connectivity index (χ0) is 30.4. The minimum Gasteiger partial charge on any atom is -0.497 e. The molecule has 0 spiro atoms. The van der Waals surface area contributed by atoms with Gasteiger partial charge < -0.3 is 23.8 Å². The molecule has 2 aliphatic rings.